The largest absolute Gasteiger partial charge is 0.384 e. The summed E-state index contributed by atoms with van der Waals surface area (Å²) in [7, 11) is 0. The second-order valence-corrected chi connectivity index (χ2v) is 5.82. The minimum atomic E-state index is 1.10. The molecule has 0 bridgehead atoms. The third-order valence-corrected chi connectivity index (χ3v) is 4.15. The Bertz CT molecular complexity index is 281. The van der Waals surface area contributed by atoms with E-state index in [0.717, 1.165) is 6.54 Å². The van der Waals surface area contributed by atoms with Crippen molar-refractivity contribution in [3.05, 3.63) is 24.3 Å². The summed E-state index contributed by atoms with van der Waals surface area (Å²) in [6.07, 6.45) is 7.85. The second kappa shape index (κ2) is 10.3. The lowest BCUT2D eigenvalue weighted by Gasteiger charge is -2.11. The molecule has 18 heavy (non-hydrogen) atoms. The third kappa shape index (κ3) is 6.34. The van der Waals surface area contributed by atoms with Gasteiger partial charge in [0.2, 0.25) is 0 Å². The van der Waals surface area contributed by atoms with Gasteiger partial charge in [-0.15, -0.1) is 11.8 Å². The molecule has 0 atom stereocenters. The van der Waals surface area contributed by atoms with E-state index >= 15 is 0 Å². The van der Waals surface area contributed by atoms with Crippen molar-refractivity contribution in [3.63, 3.8) is 0 Å². The van der Waals surface area contributed by atoms with Gasteiger partial charge in [-0.25, -0.2) is 0 Å². The van der Waals surface area contributed by atoms with Crippen LogP contribution in [0.5, 0.6) is 0 Å². The van der Waals surface area contributed by atoms with Crippen molar-refractivity contribution in [2.24, 2.45) is 0 Å². The molecule has 0 unspecified atom stereocenters. The summed E-state index contributed by atoms with van der Waals surface area (Å²) in [6, 6.07) is 8.70. The highest BCUT2D eigenvalue weighted by Crippen LogP contribution is 2.27. The Labute approximate surface area is 117 Å². The SMILES string of the molecule is CCCCCNc1ccccc1SCCCCC. The quantitative estimate of drug-likeness (QED) is 0.438. The Morgan fingerprint density at radius 2 is 1.67 bits per heavy atom. The van der Waals surface area contributed by atoms with Crippen molar-refractivity contribution < 1.29 is 0 Å². The van der Waals surface area contributed by atoms with Gasteiger partial charge in [0.05, 0.1) is 0 Å². The lowest BCUT2D eigenvalue weighted by Crippen LogP contribution is -2.02. The lowest BCUT2D eigenvalue weighted by atomic mass is 10.2. The maximum atomic E-state index is 3.57. The molecule has 2 heteroatoms. The fourth-order valence-electron chi connectivity index (χ4n) is 1.87. The van der Waals surface area contributed by atoms with Gasteiger partial charge in [0, 0.05) is 17.1 Å². The van der Waals surface area contributed by atoms with Gasteiger partial charge in [0.15, 0.2) is 0 Å². The highest BCUT2D eigenvalue weighted by atomic mass is 32.2. The number of para-hydroxylation sites is 1. The van der Waals surface area contributed by atoms with Crippen molar-refractivity contribution in [2.75, 3.05) is 17.6 Å². The average Bonchev–Trinajstić information content (AvgIpc) is 2.41. The summed E-state index contributed by atoms with van der Waals surface area (Å²) in [5.41, 5.74) is 1.31. The predicted molar refractivity (Wildman–Crippen MR) is 84.7 cm³/mol. The molecule has 0 radical (unpaired) electrons. The molecule has 0 aliphatic carbocycles. The second-order valence-electron chi connectivity index (χ2n) is 4.69. The van der Waals surface area contributed by atoms with Gasteiger partial charge < -0.3 is 5.32 Å². The average molecular weight is 265 g/mol. The molecule has 102 valence electrons. The van der Waals surface area contributed by atoms with Gasteiger partial charge in [0.1, 0.15) is 0 Å². The molecular weight excluding hydrogens is 238 g/mol. The molecule has 1 N–H and O–H groups in total. The van der Waals surface area contributed by atoms with Gasteiger partial charge in [-0.1, -0.05) is 51.7 Å². The molecule has 1 rings (SSSR count). The minimum Gasteiger partial charge on any atom is -0.384 e. The maximum Gasteiger partial charge on any atom is 0.0478 e. The Hall–Kier alpha value is -0.630. The van der Waals surface area contributed by atoms with E-state index in [1.54, 1.807) is 0 Å². The van der Waals surface area contributed by atoms with E-state index in [1.165, 1.54) is 54.9 Å². The first kappa shape index (κ1) is 15.4. The molecule has 0 aromatic heterocycles. The lowest BCUT2D eigenvalue weighted by molar-refractivity contribution is 0.743. The van der Waals surface area contributed by atoms with Gasteiger partial charge in [-0.3, -0.25) is 0 Å². The Morgan fingerprint density at radius 1 is 0.944 bits per heavy atom. The van der Waals surface area contributed by atoms with Crippen LogP contribution >= 0.6 is 11.8 Å². The van der Waals surface area contributed by atoms with Crippen molar-refractivity contribution in [1.29, 1.82) is 0 Å². The zero-order chi connectivity index (χ0) is 13.1. The first-order valence-electron chi connectivity index (χ1n) is 7.34. The van der Waals surface area contributed by atoms with Crippen molar-refractivity contribution in [2.45, 2.75) is 57.3 Å². The van der Waals surface area contributed by atoms with E-state index in [1.807, 2.05) is 11.8 Å². The highest BCUT2D eigenvalue weighted by Gasteiger charge is 2.01. The summed E-state index contributed by atoms with van der Waals surface area (Å²) in [5.74, 6) is 1.24. The molecule has 0 saturated carbocycles. The fourth-order valence-corrected chi connectivity index (χ4v) is 2.91. The Balaban J connectivity index is 2.36. The molecule has 0 aliphatic heterocycles. The first-order chi connectivity index (χ1) is 8.88. The topological polar surface area (TPSA) is 12.0 Å². The smallest absolute Gasteiger partial charge is 0.0478 e. The normalized spacial score (nSPS) is 10.6. The fraction of sp³-hybridized carbons (Fsp3) is 0.625. The standard InChI is InChI=1S/C16H27NS/c1-3-5-9-13-17-15-11-7-8-12-16(15)18-14-10-6-4-2/h7-8,11-12,17H,3-6,9-10,13-14H2,1-2H3. The van der Waals surface area contributed by atoms with Crippen LogP contribution in [0.2, 0.25) is 0 Å². The molecule has 1 nitrogen and oxygen atoms in total. The minimum absolute atomic E-state index is 1.10. The number of thioether (sulfide) groups is 1. The molecule has 0 heterocycles. The highest BCUT2D eigenvalue weighted by molar-refractivity contribution is 7.99. The van der Waals surface area contributed by atoms with Crippen LogP contribution in [0.4, 0.5) is 5.69 Å². The number of unbranched alkanes of at least 4 members (excludes halogenated alkanes) is 4. The van der Waals surface area contributed by atoms with Crippen molar-refractivity contribution >= 4 is 17.4 Å². The molecule has 0 aliphatic rings. The molecule has 0 saturated heterocycles. The van der Waals surface area contributed by atoms with Gasteiger partial charge in [-0.05, 0) is 30.7 Å². The first-order valence-corrected chi connectivity index (χ1v) is 8.32. The molecule has 1 aromatic carbocycles. The van der Waals surface area contributed by atoms with Crippen LogP contribution in [0, 0.1) is 0 Å². The van der Waals surface area contributed by atoms with Gasteiger partial charge >= 0.3 is 0 Å². The molecule has 0 amide bonds. The van der Waals surface area contributed by atoms with Crippen LogP contribution in [0.25, 0.3) is 0 Å². The van der Waals surface area contributed by atoms with Gasteiger partial charge in [-0.2, -0.15) is 0 Å². The number of hydrogen-bond acceptors (Lipinski definition) is 2. The van der Waals surface area contributed by atoms with Crippen LogP contribution in [-0.2, 0) is 0 Å². The monoisotopic (exact) mass is 265 g/mol. The number of hydrogen-bond donors (Lipinski definition) is 1. The summed E-state index contributed by atoms with van der Waals surface area (Å²) >= 11 is 1.99. The summed E-state index contributed by atoms with van der Waals surface area (Å²) in [6.45, 7) is 5.60. The summed E-state index contributed by atoms with van der Waals surface area (Å²) in [4.78, 5) is 1.41. The van der Waals surface area contributed by atoms with E-state index in [4.69, 9.17) is 0 Å². The van der Waals surface area contributed by atoms with Crippen LogP contribution < -0.4 is 5.32 Å². The van der Waals surface area contributed by atoms with Crippen LogP contribution in [-0.4, -0.2) is 12.3 Å². The number of benzene rings is 1. The van der Waals surface area contributed by atoms with Crippen LogP contribution in [0.1, 0.15) is 52.4 Å². The van der Waals surface area contributed by atoms with E-state index in [9.17, 15) is 0 Å². The Kier molecular flexibility index (Phi) is 8.83. The summed E-state index contributed by atoms with van der Waals surface area (Å²) < 4.78 is 0. The molecular formula is C16H27NS. The number of rotatable bonds is 10. The number of anilines is 1. The predicted octanol–water partition coefficient (Wildman–Crippen LogP) is 5.57. The van der Waals surface area contributed by atoms with E-state index in [-0.39, 0.29) is 0 Å². The maximum absolute atomic E-state index is 3.57. The van der Waals surface area contributed by atoms with E-state index in [2.05, 4.69) is 43.4 Å². The van der Waals surface area contributed by atoms with E-state index in [0.29, 0.717) is 0 Å². The van der Waals surface area contributed by atoms with Crippen molar-refractivity contribution in [1.82, 2.24) is 0 Å². The zero-order valence-corrected chi connectivity index (χ0v) is 12.7. The third-order valence-electron chi connectivity index (χ3n) is 2.99. The zero-order valence-electron chi connectivity index (χ0n) is 11.9. The molecule has 0 fully saturated rings. The molecule has 0 spiro atoms. The Morgan fingerprint density at radius 3 is 2.44 bits per heavy atom. The van der Waals surface area contributed by atoms with Gasteiger partial charge in [0.25, 0.3) is 0 Å². The molecule has 1 aromatic rings. The van der Waals surface area contributed by atoms with E-state index < -0.39 is 0 Å². The van der Waals surface area contributed by atoms with Crippen molar-refractivity contribution in [3.8, 4) is 0 Å². The van der Waals surface area contributed by atoms with Crippen LogP contribution in [0.3, 0.4) is 0 Å². The number of nitrogens with one attached hydrogen (secondary N) is 1. The van der Waals surface area contributed by atoms with Crippen LogP contribution in [0.15, 0.2) is 29.2 Å². The summed E-state index contributed by atoms with van der Waals surface area (Å²) in [5, 5.41) is 3.57.